The maximum atomic E-state index is 10.00. The van der Waals surface area contributed by atoms with Crippen LogP contribution in [0, 0.1) is 177 Å². The number of benzene rings is 2. The van der Waals surface area contributed by atoms with Crippen molar-refractivity contribution < 1.29 is 0 Å². The molecule has 0 bridgehead atoms. The van der Waals surface area contributed by atoms with Gasteiger partial charge in [0, 0.05) is 23.0 Å². The zero-order valence-corrected chi connectivity index (χ0v) is 33.0. The van der Waals surface area contributed by atoms with Crippen molar-refractivity contribution in [3.8, 4) is 6.19 Å². The van der Waals surface area contributed by atoms with Crippen LogP contribution in [-0.2, 0) is 0 Å². The molecule has 17 aliphatic carbocycles. The maximum Gasteiger partial charge on any atom is 0.206 e. The smallest absolute Gasteiger partial charge is 0.172 e. The molecule has 58 heavy (non-hydrogen) atoms. The fourth-order valence-corrected chi connectivity index (χ4v) is 24.9. The van der Waals surface area contributed by atoms with Crippen molar-refractivity contribution >= 4 is 5.71 Å². The molecule has 0 heterocycles. The summed E-state index contributed by atoms with van der Waals surface area (Å²) in [6, 6.07) is 18.5. The van der Waals surface area contributed by atoms with Gasteiger partial charge in [-0.2, -0.15) is 10.3 Å². The Hall–Kier alpha value is -3.70. The van der Waals surface area contributed by atoms with Crippen LogP contribution in [-0.4, -0.2) is 5.71 Å². The molecule has 10 saturated carbocycles. The predicted octanol–water partition coefficient (Wildman–Crippen LogP) is 9.98. The Morgan fingerprint density at radius 3 is 1.93 bits per heavy atom. The molecule has 284 valence electrons. The molecule has 0 N–H and O–H groups in total. The van der Waals surface area contributed by atoms with Crippen molar-refractivity contribution in [2.24, 2.45) is 171 Å². The summed E-state index contributed by atoms with van der Waals surface area (Å²) < 4.78 is 0. The maximum absolute atomic E-state index is 10.00. The van der Waals surface area contributed by atoms with Gasteiger partial charge in [-0.1, -0.05) is 101 Å². The van der Waals surface area contributed by atoms with Crippen LogP contribution in [0.15, 0.2) is 113 Å². The van der Waals surface area contributed by atoms with Crippen molar-refractivity contribution in [3.63, 3.8) is 0 Å². The molecule has 0 spiro atoms. The molecule has 2 nitrogen and oxygen atoms in total. The van der Waals surface area contributed by atoms with Gasteiger partial charge < -0.3 is 0 Å². The third-order valence-electron chi connectivity index (χ3n) is 24.4. The minimum absolute atomic E-state index is 0.391. The van der Waals surface area contributed by atoms with Crippen molar-refractivity contribution in [2.75, 3.05) is 0 Å². The van der Waals surface area contributed by atoms with E-state index in [1.807, 2.05) is 0 Å². The number of hydrogen-bond donors (Lipinski definition) is 0. The topological polar surface area (TPSA) is 36.1 Å². The summed E-state index contributed by atoms with van der Waals surface area (Å²) in [5, 5.41) is 10.00. The minimum Gasteiger partial charge on any atom is -0.172 e. The van der Waals surface area contributed by atoms with Gasteiger partial charge in [-0.3, -0.25) is 0 Å². The van der Waals surface area contributed by atoms with Crippen LogP contribution in [0.25, 0.3) is 0 Å². The van der Waals surface area contributed by atoms with Gasteiger partial charge in [-0.05, 0) is 190 Å². The van der Waals surface area contributed by atoms with Crippen LogP contribution in [0.5, 0.6) is 0 Å². The van der Waals surface area contributed by atoms with E-state index in [-0.39, 0.29) is 0 Å². The standard InChI is InChI=1S/C56H50N2/c1-2-20-23-13-15-28-37-35(23)42-32(20)30-17-19-11-12-24-25-14-16-29-38-36(25)44-34(24)31(19)41(30)51-52(42)54-45(37)49-39(28)47-43(48(47)40(29)50(49)46(38)55(54)53(44)51)33-21-7-3-5-9-26(21)56(58-18-57)27-10-6-4-8-22(27)33/h2-12,14,16,19-20,23-25,28-39,41-43,45-49,51-52,54-55H,1,13,15,17H2. The monoisotopic (exact) mass is 750 g/mol. The first kappa shape index (κ1) is 29.5. The number of nitrogens with zero attached hydrogens (tertiary/aromatic N) is 2. The Bertz CT molecular complexity index is 2630. The van der Waals surface area contributed by atoms with E-state index in [1.54, 1.807) is 0 Å². The molecule has 0 radical (unpaired) electrons. The highest BCUT2D eigenvalue weighted by Crippen LogP contribution is 2.92. The van der Waals surface area contributed by atoms with E-state index in [1.165, 1.54) is 41.5 Å². The van der Waals surface area contributed by atoms with Gasteiger partial charge in [0.1, 0.15) is 0 Å². The quantitative estimate of drug-likeness (QED) is 0.223. The SMILES string of the molecule is C=CC1C2CCC3C4C5C6=C(C7C=CC8C9C=CC%10CC%11C1C1C2C3C5C2C3C5=C(C8C7C63)C9C%10C%11C5C21)C1C(C2c3ccccc3C(=NC#N)c3ccccc32)C14. The van der Waals surface area contributed by atoms with Gasteiger partial charge in [0.05, 0.1) is 5.71 Å². The van der Waals surface area contributed by atoms with E-state index in [4.69, 9.17) is 6.58 Å². The molecule has 2 aromatic carbocycles. The van der Waals surface area contributed by atoms with E-state index in [0.717, 1.165) is 160 Å². The zero-order chi connectivity index (χ0) is 36.7. The summed E-state index contributed by atoms with van der Waals surface area (Å²) in [4.78, 5) is 4.57. The van der Waals surface area contributed by atoms with Gasteiger partial charge in [-0.15, -0.1) is 6.58 Å². The molecule has 2 aromatic rings. The number of fused-ring (bicyclic) bond motifs is 9. The lowest BCUT2D eigenvalue weighted by atomic mass is 9.44. The van der Waals surface area contributed by atoms with Crippen molar-refractivity contribution in [1.82, 2.24) is 0 Å². The molecule has 2 heteroatoms. The third kappa shape index (κ3) is 2.55. The fourth-order valence-electron chi connectivity index (χ4n) is 24.9. The Morgan fingerprint density at radius 1 is 0.534 bits per heavy atom. The van der Waals surface area contributed by atoms with E-state index < -0.39 is 0 Å². The first-order chi connectivity index (χ1) is 28.8. The molecule has 0 saturated heterocycles. The van der Waals surface area contributed by atoms with Crippen LogP contribution in [0.4, 0.5) is 0 Å². The summed E-state index contributed by atoms with van der Waals surface area (Å²) >= 11 is 0. The fraction of sp³-hybridized carbons (Fsp3) is 0.571. The minimum atomic E-state index is 0.391. The Balaban J connectivity index is 0.901. The lowest BCUT2D eigenvalue weighted by Gasteiger charge is -2.60. The van der Waals surface area contributed by atoms with E-state index >= 15 is 0 Å². The number of allylic oxidation sites excluding steroid dienone is 9. The number of nitriles is 1. The Morgan fingerprint density at radius 2 is 1.14 bits per heavy atom. The summed E-state index contributed by atoms with van der Waals surface area (Å²) in [7, 11) is 0. The second-order valence-corrected chi connectivity index (χ2v) is 24.0. The molecule has 19 rings (SSSR count). The summed E-state index contributed by atoms with van der Waals surface area (Å²) in [5.41, 5.74) is 14.9. The molecule has 28 atom stereocenters. The highest BCUT2D eigenvalue weighted by atomic mass is 14.9. The average Bonchev–Trinajstić information content (AvgIpc) is 3.82. The summed E-state index contributed by atoms with van der Waals surface area (Å²) in [6.07, 6.45) is 20.9. The molecule has 10 fully saturated rings. The van der Waals surface area contributed by atoms with E-state index in [0.29, 0.717) is 17.8 Å². The Kier molecular flexibility index (Phi) is 4.51. The third-order valence-corrected chi connectivity index (χ3v) is 24.4. The van der Waals surface area contributed by atoms with Gasteiger partial charge in [0.15, 0.2) is 0 Å². The first-order valence-corrected chi connectivity index (χ1v) is 24.4. The second-order valence-electron chi connectivity index (χ2n) is 24.0. The molecular formula is C56H50N2. The molecule has 0 aliphatic heterocycles. The number of aliphatic imine (C=N–C) groups is 1. The van der Waals surface area contributed by atoms with Crippen LogP contribution in [0.3, 0.4) is 0 Å². The van der Waals surface area contributed by atoms with Crippen LogP contribution >= 0.6 is 0 Å². The lowest BCUT2D eigenvalue weighted by molar-refractivity contribution is -0.120. The molecule has 17 aliphatic rings. The second kappa shape index (κ2) is 8.86. The summed E-state index contributed by atoms with van der Waals surface area (Å²) in [5.74, 6) is 25.0. The van der Waals surface area contributed by atoms with Crippen molar-refractivity contribution in [1.29, 1.82) is 5.26 Å². The average molecular weight is 751 g/mol. The van der Waals surface area contributed by atoms with Crippen molar-refractivity contribution in [3.05, 3.63) is 130 Å². The van der Waals surface area contributed by atoms with Gasteiger partial charge >= 0.3 is 0 Å². The summed E-state index contributed by atoms with van der Waals surface area (Å²) in [6.45, 7) is 4.79. The molecule has 0 aromatic heterocycles. The molecule has 0 amide bonds. The van der Waals surface area contributed by atoms with Gasteiger partial charge in [-0.25, -0.2) is 0 Å². The zero-order valence-electron chi connectivity index (χ0n) is 33.0. The lowest BCUT2D eigenvalue weighted by Crippen LogP contribution is -2.56. The molecular weight excluding hydrogens is 701 g/mol. The van der Waals surface area contributed by atoms with E-state index in [9.17, 15) is 5.26 Å². The van der Waals surface area contributed by atoms with Gasteiger partial charge in [0.25, 0.3) is 0 Å². The van der Waals surface area contributed by atoms with Crippen LogP contribution in [0.1, 0.15) is 47.4 Å². The number of rotatable bonds is 2. The first-order valence-electron chi connectivity index (χ1n) is 24.4. The normalized spacial score (nSPS) is 62.2. The molecule has 28 unspecified atom stereocenters. The Labute approximate surface area is 341 Å². The number of hydrogen-bond acceptors (Lipinski definition) is 2. The van der Waals surface area contributed by atoms with Crippen LogP contribution < -0.4 is 0 Å². The highest BCUT2D eigenvalue weighted by Gasteiger charge is 2.86. The van der Waals surface area contributed by atoms with E-state index in [2.05, 4.69) is 112 Å². The largest absolute Gasteiger partial charge is 0.206 e. The highest BCUT2D eigenvalue weighted by molar-refractivity contribution is 6.16. The predicted molar refractivity (Wildman–Crippen MR) is 220 cm³/mol. The van der Waals surface area contributed by atoms with Crippen LogP contribution in [0.2, 0.25) is 0 Å². The van der Waals surface area contributed by atoms with Crippen molar-refractivity contribution in [2.45, 2.75) is 25.2 Å². The van der Waals surface area contributed by atoms with Gasteiger partial charge in [0.2, 0.25) is 6.19 Å².